The van der Waals surface area contributed by atoms with Gasteiger partial charge >= 0.3 is 0 Å². The molecule has 0 amide bonds. The Morgan fingerprint density at radius 2 is 2.18 bits per heavy atom. The van der Waals surface area contributed by atoms with Gasteiger partial charge in [-0.25, -0.2) is 9.97 Å². The zero-order valence-electron chi connectivity index (χ0n) is 10.9. The lowest BCUT2D eigenvalue weighted by molar-refractivity contribution is 0.311. The van der Waals surface area contributed by atoms with E-state index in [9.17, 15) is 0 Å². The van der Waals surface area contributed by atoms with Gasteiger partial charge in [-0.1, -0.05) is 13.3 Å². The molecule has 5 heteroatoms. The van der Waals surface area contributed by atoms with Crippen molar-refractivity contribution in [1.82, 2.24) is 9.97 Å². The van der Waals surface area contributed by atoms with E-state index in [0.717, 1.165) is 30.4 Å². The molecule has 96 valence electrons. The number of rotatable bonds is 7. The second kappa shape index (κ2) is 7.06. The van der Waals surface area contributed by atoms with E-state index in [0.29, 0.717) is 6.54 Å². The molecule has 0 radical (unpaired) electrons. The topological polar surface area (TPSA) is 61.3 Å². The van der Waals surface area contributed by atoms with Gasteiger partial charge in [0, 0.05) is 26.2 Å². The quantitative estimate of drug-likeness (QED) is 0.752. The summed E-state index contributed by atoms with van der Waals surface area (Å²) < 4.78 is 0. The molecule has 1 aromatic heterocycles. The maximum absolute atomic E-state index is 8.78. The van der Waals surface area contributed by atoms with Crippen LogP contribution in [-0.4, -0.2) is 41.8 Å². The molecule has 0 unspecified atom stereocenters. The number of aryl methyl sites for hydroxylation is 1. The summed E-state index contributed by atoms with van der Waals surface area (Å²) in [6.07, 6.45) is 2.32. The first-order valence-electron chi connectivity index (χ1n) is 6.09. The molecule has 1 aromatic rings. The normalized spacial score (nSPS) is 10.4. The number of unbranched alkanes of at least 4 members (excludes halogenated alkanes) is 1. The highest BCUT2D eigenvalue weighted by Gasteiger charge is 2.05. The molecule has 0 aliphatic heterocycles. The summed E-state index contributed by atoms with van der Waals surface area (Å²) in [7, 11) is 2.03. The minimum absolute atomic E-state index is 0.101. The lowest BCUT2D eigenvalue weighted by atomic mass is 10.3. The molecule has 5 nitrogen and oxygen atoms in total. The maximum atomic E-state index is 8.78. The highest BCUT2D eigenvalue weighted by atomic mass is 16.3. The van der Waals surface area contributed by atoms with Crippen LogP contribution < -0.4 is 10.2 Å². The smallest absolute Gasteiger partial charge is 0.134 e. The van der Waals surface area contributed by atoms with E-state index in [1.807, 2.05) is 20.0 Å². The fraction of sp³-hybridized carbons (Fsp3) is 0.667. The Hall–Kier alpha value is -1.36. The summed E-state index contributed by atoms with van der Waals surface area (Å²) >= 11 is 0. The van der Waals surface area contributed by atoms with E-state index in [1.54, 1.807) is 0 Å². The summed E-state index contributed by atoms with van der Waals surface area (Å²) in [6.45, 7) is 5.65. The van der Waals surface area contributed by atoms with Crippen LogP contribution in [0, 0.1) is 6.92 Å². The molecular formula is C12H22N4O. The molecule has 0 saturated carbocycles. The van der Waals surface area contributed by atoms with Gasteiger partial charge in [-0.3, -0.25) is 0 Å². The lowest BCUT2D eigenvalue weighted by Crippen LogP contribution is -2.20. The van der Waals surface area contributed by atoms with Crippen molar-refractivity contribution in [1.29, 1.82) is 0 Å². The van der Waals surface area contributed by atoms with Crippen molar-refractivity contribution >= 4 is 11.6 Å². The average Bonchev–Trinajstić information content (AvgIpc) is 2.32. The van der Waals surface area contributed by atoms with Gasteiger partial charge in [0.25, 0.3) is 0 Å². The Morgan fingerprint density at radius 1 is 1.41 bits per heavy atom. The van der Waals surface area contributed by atoms with Crippen molar-refractivity contribution in [2.24, 2.45) is 0 Å². The molecule has 0 aliphatic rings. The Bertz CT molecular complexity index is 343. The van der Waals surface area contributed by atoms with E-state index < -0.39 is 0 Å². The van der Waals surface area contributed by atoms with Crippen LogP contribution in [0.4, 0.5) is 11.6 Å². The molecule has 2 N–H and O–H groups in total. The number of nitrogens with zero attached hydrogens (tertiary/aromatic N) is 3. The summed E-state index contributed by atoms with van der Waals surface area (Å²) in [5.74, 6) is 2.43. The van der Waals surface area contributed by atoms with Gasteiger partial charge in [-0.15, -0.1) is 0 Å². The molecule has 0 aromatic carbocycles. The van der Waals surface area contributed by atoms with Crippen LogP contribution in [0.3, 0.4) is 0 Å². The predicted molar refractivity (Wildman–Crippen MR) is 70.5 cm³/mol. The van der Waals surface area contributed by atoms with Gasteiger partial charge in [-0.05, 0) is 13.3 Å². The van der Waals surface area contributed by atoms with Crippen molar-refractivity contribution in [3.05, 3.63) is 11.9 Å². The van der Waals surface area contributed by atoms with Crippen molar-refractivity contribution in [3.63, 3.8) is 0 Å². The van der Waals surface area contributed by atoms with Crippen LogP contribution in [0.1, 0.15) is 25.6 Å². The molecule has 1 heterocycles. The van der Waals surface area contributed by atoms with Crippen LogP contribution in [0.2, 0.25) is 0 Å². The Balaban J connectivity index is 2.73. The van der Waals surface area contributed by atoms with Crippen molar-refractivity contribution < 1.29 is 5.11 Å². The molecule has 0 atom stereocenters. The zero-order valence-corrected chi connectivity index (χ0v) is 10.9. The van der Waals surface area contributed by atoms with Crippen molar-refractivity contribution in [2.75, 3.05) is 37.0 Å². The number of hydrogen-bond acceptors (Lipinski definition) is 5. The van der Waals surface area contributed by atoms with Crippen LogP contribution >= 0.6 is 0 Å². The fourth-order valence-corrected chi connectivity index (χ4v) is 1.53. The van der Waals surface area contributed by atoms with Crippen molar-refractivity contribution in [2.45, 2.75) is 26.7 Å². The van der Waals surface area contributed by atoms with E-state index in [1.165, 1.54) is 6.42 Å². The van der Waals surface area contributed by atoms with Gasteiger partial charge in [0.05, 0.1) is 6.61 Å². The fourth-order valence-electron chi connectivity index (χ4n) is 1.53. The molecule has 0 spiro atoms. The zero-order chi connectivity index (χ0) is 12.7. The summed E-state index contributed by atoms with van der Waals surface area (Å²) in [5.41, 5.74) is 0. The molecule has 0 fully saturated rings. The van der Waals surface area contributed by atoms with Crippen LogP contribution in [-0.2, 0) is 0 Å². The molecule has 0 bridgehead atoms. The first kappa shape index (κ1) is 13.7. The number of anilines is 2. The van der Waals surface area contributed by atoms with Gasteiger partial charge in [0.2, 0.25) is 0 Å². The summed E-state index contributed by atoms with van der Waals surface area (Å²) in [6, 6.07) is 1.92. The highest BCUT2D eigenvalue weighted by Crippen LogP contribution is 2.14. The molecule has 0 aliphatic carbocycles. The third-order valence-electron chi connectivity index (χ3n) is 2.48. The average molecular weight is 238 g/mol. The first-order chi connectivity index (χ1) is 8.17. The van der Waals surface area contributed by atoms with Gasteiger partial charge in [0.1, 0.15) is 17.5 Å². The molecule has 0 saturated heterocycles. The number of hydrogen-bond donors (Lipinski definition) is 2. The largest absolute Gasteiger partial charge is 0.395 e. The van der Waals surface area contributed by atoms with E-state index >= 15 is 0 Å². The molecule has 1 rings (SSSR count). The third-order valence-corrected chi connectivity index (χ3v) is 2.48. The summed E-state index contributed by atoms with van der Waals surface area (Å²) in [5, 5.41) is 11.8. The first-order valence-corrected chi connectivity index (χ1v) is 6.09. The number of aromatic nitrogens is 2. The Morgan fingerprint density at radius 3 is 2.82 bits per heavy atom. The van der Waals surface area contributed by atoms with E-state index in [-0.39, 0.29) is 6.61 Å². The third kappa shape index (κ3) is 4.56. The minimum Gasteiger partial charge on any atom is -0.395 e. The van der Waals surface area contributed by atoms with E-state index in [2.05, 4.69) is 27.1 Å². The monoisotopic (exact) mass is 238 g/mol. The number of aliphatic hydroxyl groups excluding tert-OH is 1. The van der Waals surface area contributed by atoms with Crippen LogP contribution in [0.15, 0.2) is 6.07 Å². The highest BCUT2D eigenvalue weighted by molar-refractivity contribution is 5.48. The second-order valence-corrected chi connectivity index (χ2v) is 4.08. The van der Waals surface area contributed by atoms with Gasteiger partial charge in [-0.2, -0.15) is 0 Å². The number of nitrogens with one attached hydrogen (secondary N) is 1. The van der Waals surface area contributed by atoms with Gasteiger partial charge in [0.15, 0.2) is 0 Å². The Kier molecular flexibility index (Phi) is 5.69. The SMILES string of the molecule is CCCCN(C)c1cc(NCCO)nc(C)n1. The van der Waals surface area contributed by atoms with E-state index in [4.69, 9.17) is 5.11 Å². The minimum atomic E-state index is 0.101. The molecular weight excluding hydrogens is 216 g/mol. The second-order valence-electron chi connectivity index (χ2n) is 4.08. The Labute approximate surface area is 103 Å². The maximum Gasteiger partial charge on any atom is 0.134 e. The summed E-state index contributed by atoms with van der Waals surface area (Å²) in [4.78, 5) is 10.8. The van der Waals surface area contributed by atoms with Gasteiger partial charge < -0.3 is 15.3 Å². The lowest BCUT2D eigenvalue weighted by Gasteiger charge is -2.18. The number of aliphatic hydroxyl groups is 1. The van der Waals surface area contributed by atoms with Crippen molar-refractivity contribution in [3.8, 4) is 0 Å². The molecule has 17 heavy (non-hydrogen) atoms. The predicted octanol–water partition coefficient (Wildman–Crippen LogP) is 1.43. The standard InChI is InChI=1S/C12H22N4O/c1-4-5-7-16(3)12-9-11(13-6-8-17)14-10(2)15-12/h9,17H,4-8H2,1-3H3,(H,13,14,15). The van der Waals surface area contributed by atoms with Crippen LogP contribution in [0.25, 0.3) is 0 Å². The van der Waals surface area contributed by atoms with Crippen LogP contribution in [0.5, 0.6) is 0 Å².